The molecule has 0 radical (unpaired) electrons. The van der Waals surface area contributed by atoms with Gasteiger partial charge in [0, 0.05) is 9.86 Å². The van der Waals surface area contributed by atoms with E-state index in [1.54, 1.807) is 7.11 Å². The highest BCUT2D eigenvalue weighted by atomic mass is 79.9. The number of benzene rings is 1. The van der Waals surface area contributed by atoms with Crippen LogP contribution in [0.4, 0.5) is 0 Å². The first kappa shape index (κ1) is 12.7. The second-order valence-corrected chi connectivity index (χ2v) is 5.05. The fourth-order valence-electron chi connectivity index (χ4n) is 1.83. The molecule has 2 aromatic rings. The number of aromatic nitrogens is 1. The maximum Gasteiger partial charge on any atom is 0.145 e. The first-order valence-electron chi connectivity index (χ1n) is 5.49. The Morgan fingerprint density at radius 1 is 1.41 bits per heavy atom. The summed E-state index contributed by atoms with van der Waals surface area (Å²) in [6.45, 7) is 2.13. The molecule has 0 bridgehead atoms. The zero-order valence-corrected chi connectivity index (χ0v) is 12.1. The smallest absolute Gasteiger partial charge is 0.145 e. The summed E-state index contributed by atoms with van der Waals surface area (Å²) in [5.41, 5.74) is 1.88. The van der Waals surface area contributed by atoms with E-state index in [-0.39, 0.29) is 0 Å². The van der Waals surface area contributed by atoms with Crippen LogP contribution in [0, 0.1) is 0 Å². The molecule has 1 aromatic carbocycles. The Bertz CT molecular complexity index is 557. The van der Waals surface area contributed by atoms with Gasteiger partial charge in [-0.15, -0.1) is 0 Å². The van der Waals surface area contributed by atoms with Crippen molar-refractivity contribution < 1.29 is 4.74 Å². The van der Waals surface area contributed by atoms with E-state index in [0.717, 1.165) is 39.5 Å². The summed E-state index contributed by atoms with van der Waals surface area (Å²) in [6.07, 6.45) is 1.99. The summed E-state index contributed by atoms with van der Waals surface area (Å²) in [7, 11) is 1.64. The van der Waals surface area contributed by atoms with Crippen LogP contribution >= 0.6 is 27.5 Å². The van der Waals surface area contributed by atoms with Gasteiger partial charge in [-0.1, -0.05) is 40.9 Å². The van der Waals surface area contributed by atoms with Crippen LogP contribution in [0.25, 0.3) is 10.9 Å². The number of hydrogen-bond acceptors (Lipinski definition) is 2. The lowest BCUT2D eigenvalue weighted by Crippen LogP contribution is -1.93. The highest BCUT2D eigenvalue weighted by molar-refractivity contribution is 9.10. The molecular weight excluding hydrogens is 302 g/mol. The second-order valence-electron chi connectivity index (χ2n) is 3.83. The fraction of sp³-hybridized carbons (Fsp3) is 0.308. The lowest BCUT2D eigenvalue weighted by molar-refractivity contribution is 0.419. The minimum absolute atomic E-state index is 0.566. The number of nitrogens with zero attached hydrogens (tertiary/aromatic N) is 1. The van der Waals surface area contributed by atoms with Gasteiger partial charge in [-0.05, 0) is 30.2 Å². The normalized spacial score (nSPS) is 10.8. The maximum absolute atomic E-state index is 6.18. The average molecular weight is 315 g/mol. The molecule has 17 heavy (non-hydrogen) atoms. The molecule has 90 valence electrons. The van der Waals surface area contributed by atoms with Gasteiger partial charge in [0.1, 0.15) is 16.4 Å². The third-order valence-electron chi connectivity index (χ3n) is 2.66. The molecule has 0 atom stereocenters. The van der Waals surface area contributed by atoms with Crippen molar-refractivity contribution in [3.05, 3.63) is 33.4 Å². The molecule has 0 aliphatic carbocycles. The maximum atomic E-state index is 6.18. The van der Waals surface area contributed by atoms with E-state index >= 15 is 0 Å². The van der Waals surface area contributed by atoms with Crippen LogP contribution < -0.4 is 4.74 Å². The van der Waals surface area contributed by atoms with Crippen molar-refractivity contribution in [1.82, 2.24) is 4.98 Å². The lowest BCUT2D eigenvalue weighted by atomic mass is 10.1. The Morgan fingerprint density at radius 2 is 2.18 bits per heavy atom. The quantitative estimate of drug-likeness (QED) is 0.772. The number of pyridine rings is 1. The van der Waals surface area contributed by atoms with Gasteiger partial charge < -0.3 is 4.74 Å². The topological polar surface area (TPSA) is 22.1 Å². The largest absolute Gasteiger partial charge is 0.494 e. The van der Waals surface area contributed by atoms with E-state index in [1.165, 1.54) is 0 Å². The van der Waals surface area contributed by atoms with Crippen LogP contribution in [0.15, 0.2) is 22.7 Å². The van der Waals surface area contributed by atoms with Crippen molar-refractivity contribution in [2.45, 2.75) is 19.8 Å². The Hall–Kier alpha value is -0.800. The number of fused-ring (bicyclic) bond motifs is 1. The molecule has 0 N–H and O–H groups in total. The summed E-state index contributed by atoms with van der Waals surface area (Å²) < 4.78 is 6.30. The van der Waals surface area contributed by atoms with E-state index in [0.29, 0.717) is 5.15 Å². The molecule has 0 fully saturated rings. The van der Waals surface area contributed by atoms with E-state index in [2.05, 4.69) is 33.9 Å². The molecule has 2 nitrogen and oxygen atoms in total. The third kappa shape index (κ3) is 2.40. The molecule has 1 heterocycles. The van der Waals surface area contributed by atoms with Gasteiger partial charge in [-0.25, -0.2) is 4.98 Å². The Labute approximate surface area is 114 Å². The van der Waals surface area contributed by atoms with Crippen molar-refractivity contribution >= 4 is 38.4 Å². The van der Waals surface area contributed by atoms with Gasteiger partial charge in [0.05, 0.1) is 7.11 Å². The second kappa shape index (κ2) is 5.23. The lowest BCUT2D eigenvalue weighted by Gasteiger charge is -2.09. The summed E-state index contributed by atoms with van der Waals surface area (Å²) in [6, 6.07) is 5.93. The van der Waals surface area contributed by atoms with Crippen molar-refractivity contribution in [3.8, 4) is 5.75 Å². The van der Waals surface area contributed by atoms with Gasteiger partial charge in [0.25, 0.3) is 0 Å². The van der Waals surface area contributed by atoms with Gasteiger partial charge in [-0.3, -0.25) is 0 Å². The molecule has 2 rings (SSSR count). The van der Waals surface area contributed by atoms with Crippen LogP contribution in [0.3, 0.4) is 0 Å². The molecule has 0 aliphatic heterocycles. The predicted molar refractivity (Wildman–Crippen MR) is 75.0 cm³/mol. The SMILES string of the molecule is CCCc1cc2c(Br)ccc(OC)c2nc1Cl. The van der Waals surface area contributed by atoms with E-state index in [4.69, 9.17) is 16.3 Å². The molecule has 0 unspecified atom stereocenters. The van der Waals surface area contributed by atoms with E-state index in [9.17, 15) is 0 Å². The zero-order chi connectivity index (χ0) is 12.4. The number of ether oxygens (including phenoxy) is 1. The summed E-state index contributed by atoms with van der Waals surface area (Å²) in [4.78, 5) is 4.44. The number of halogens is 2. The molecule has 0 saturated carbocycles. The number of aryl methyl sites for hydroxylation is 1. The van der Waals surface area contributed by atoms with E-state index < -0.39 is 0 Å². The van der Waals surface area contributed by atoms with Gasteiger partial charge in [0.2, 0.25) is 0 Å². The van der Waals surface area contributed by atoms with E-state index in [1.807, 2.05) is 12.1 Å². The van der Waals surface area contributed by atoms with Crippen LogP contribution in [0.5, 0.6) is 5.75 Å². The molecular formula is C13H13BrClNO. The summed E-state index contributed by atoms with van der Waals surface area (Å²) >= 11 is 9.71. The van der Waals surface area contributed by atoms with Crippen molar-refractivity contribution in [3.63, 3.8) is 0 Å². The standard InChI is InChI=1S/C13H13BrClNO/c1-3-4-8-7-9-10(14)5-6-11(17-2)12(9)16-13(8)15/h5-7H,3-4H2,1-2H3. The number of hydrogen-bond donors (Lipinski definition) is 0. The number of methoxy groups -OCH3 is 1. The fourth-order valence-corrected chi connectivity index (χ4v) is 2.50. The number of rotatable bonds is 3. The summed E-state index contributed by atoms with van der Waals surface area (Å²) in [5.74, 6) is 0.744. The minimum atomic E-state index is 0.566. The van der Waals surface area contributed by atoms with Crippen LogP contribution in [0.1, 0.15) is 18.9 Å². The van der Waals surface area contributed by atoms with Crippen molar-refractivity contribution in [1.29, 1.82) is 0 Å². The van der Waals surface area contributed by atoms with Gasteiger partial charge >= 0.3 is 0 Å². The van der Waals surface area contributed by atoms with Crippen molar-refractivity contribution in [2.24, 2.45) is 0 Å². The molecule has 0 spiro atoms. The molecule has 0 amide bonds. The van der Waals surface area contributed by atoms with Gasteiger partial charge in [0.15, 0.2) is 0 Å². The molecule has 0 aliphatic rings. The zero-order valence-electron chi connectivity index (χ0n) is 9.76. The third-order valence-corrected chi connectivity index (χ3v) is 3.68. The molecule has 4 heteroatoms. The van der Waals surface area contributed by atoms with Gasteiger partial charge in [-0.2, -0.15) is 0 Å². The first-order chi connectivity index (χ1) is 8.17. The van der Waals surface area contributed by atoms with Crippen LogP contribution in [-0.2, 0) is 6.42 Å². The highest BCUT2D eigenvalue weighted by Crippen LogP contribution is 2.33. The highest BCUT2D eigenvalue weighted by Gasteiger charge is 2.10. The average Bonchev–Trinajstić information content (AvgIpc) is 2.32. The first-order valence-corrected chi connectivity index (χ1v) is 6.66. The van der Waals surface area contributed by atoms with Crippen LogP contribution in [-0.4, -0.2) is 12.1 Å². The predicted octanol–water partition coefficient (Wildman–Crippen LogP) is 4.61. The molecule has 0 saturated heterocycles. The summed E-state index contributed by atoms with van der Waals surface area (Å²) in [5, 5.41) is 1.60. The van der Waals surface area contributed by atoms with Crippen LogP contribution in [0.2, 0.25) is 5.15 Å². The minimum Gasteiger partial charge on any atom is -0.494 e. The monoisotopic (exact) mass is 313 g/mol. The Kier molecular flexibility index (Phi) is 3.89. The van der Waals surface area contributed by atoms with Crippen molar-refractivity contribution in [2.75, 3.05) is 7.11 Å². The Morgan fingerprint density at radius 3 is 2.82 bits per heavy atom. The Balaban J connectivity index is 2.72. The molecule has 1 aromatic heterocycles.